The zero-order valence-corrected chi connectivity index (χ0v) is 10.5. The van der Waals surface area contributed by atoms with Crippen molar-refractivity contribution < 1.29 is 18.0 Å². The molecule has 0 aromatic heterocycles. The van der Waals surface area contributed by atoms with Crippen molar-refractivity contribution in [2.24, 2.45) is 0 Å². The zero-order valence-electron chi connectivity index (χ0n) is 8.88. The summed E-state index contributed by atoms with van der Waals surface area (Å²) in [4.78, 5) is 12.0. The molecule has 0 atom stereocenters. The SMILES string of the molecule is O=C(c1ccc(F)cc1F)c1ccc(F)cc1Br. The number of hydrogen-bond acceptors (Lipinski definition) is 1. The zero-order chi connectivity index (χ0) is 13.3. The van der Waals surface area contributed by atoms with Crippen molar-refractivity contribution in [3.63, 3.8) is 0 Å². The van der Waals surface area contributed by atoms with Gasteiger partial charge in [0, 0.05) is 16.1 Å². The van der Waals surface area contributed by atoms with Gasteiger partial charge in [0.15, 0.2) is 5.78 Å². The Kier molecular flexibility index (Phi) is 3.52. The number of carbonyl (C=O) groups excluding carboxylic acids is 1. The summed E-state index contributed by atoms with van der Waals surface area (Å²) in [6.45, 7) is 0. The third-order valence-corrected chi connectivity index (χ3v) is 3.01. The van der Waals surface area contributed by atoms with Crippen LogP contribution in [-0.4, -0.2) is 5.78 Å². The Morgan fingerprint density at radius 1 is 0.889 bits per heavy atom. The lowest BCUT2D eigenvalue weighted by atomic mass is 10.0. The van der Waals surface area contributed by atoms with E-state index in [4.69, 9.17) is 0 Å². The molecule has 0 aliphatic carbocycles. The molecule has 0 aliphatic rings. The van der Waals surface area contributed by atoms with Crippen LogP contribution < -0.4 is 0 Å². The van der Waals surface area contributed by atoms with Crippen molar-refractivity contribution in [2.75, 3.05) is 0 Å². The van der Waals surface area contributed by atoms with Gasteiger partial charge in [0.25, 0.3) is 0 Å². The highest BCUT2D eigenvalue weighted by Gasteiger charge is 2.17. The van der Waals surface area contributed by atoms with Crippen LogP contribution in [0.1, 0.15) is 15.9 Å². The number of benzene rings is 2. The minimum Gasteiger partial charge on any atom is -0.288 e. The smallest absolute Gasteiger partial charge is 0.197 e. The molecule has 18 heavy (non-hydrogen) atoms. The topological polar surface area (TPSA) is 17.1 Å². The van der Waals surface area contributed by atoms with E-state index < -0.39 is 23.2 Å². The van der Waals surface area contributed by atoms with E-state index in [2.05, 4.69) is 15.9 Å². The standard InChI is InChI=1S/C13H6BrF3O/c14-11-5-7(15)1-3-9(11)13(18)10-4-2-8(16)6-12(10)17/h1-6H. The van der Waals surface area contributed by atoms with E-state index in [9.17, 15) is 18.0 Å². The molecule has 0 saturated heterocycles. The highest BCUT2D eigenvalue weighted by atomic mass is 79.9. The average Bonchev–Trinajstić information content (AvgIpc) is 2.28. The number of halogens is 4. The first-order valence-electron chi connectivity index (χ1n) is 4.94. The van der Waals surface area contributed by atoms with Crippen LogP contribution in [0.15, 0.2) is 40.9 Å². The third kappa shape index (κ3) is 2.46. The van der Waals surface area contributed by atoms with Crippen LogP contribution in [0.4, 0.5) is 13.2 Å². The van der Waals surface area contributed by atoms with Gasteiger partial charge in [0.05, 0.1) is 5.56 Å². The fourth-order valence-electron chi connectivity index (χ4n) is 1.49. The Morgan fingerprint density at radius 2 is 1.44 bits per heavy atom. The first-order valence-corrected chi connectivity index (χ1v) is 5.73. The fourth-order valence-corrected chi connectivity index (χ4v) is 2.02. The van der Waals surface area contributed by atoms with Gasteiger partial charge < -0.3 is 0 Å². The van der Waals surface area contributed by atoms with Crippen LogP contribution in [0.5, 0.6) is 0 Å². The molecule has 0 amide bonds. The third-order valence-electron chi connectivity index (χ3n) is 2.35. The molecule has 5 heteroatoms. The summed E-state index contributed by atoms with van der Waals surface area (Å²) >= 11 is 3.03. The van der Waals surface area contributed by atoms with Gasteiger partial charge in [0.2, 0.25) is 0 Å². The van der Waals surface area contributed by atoms with Crippen LogP contribution >= 0.6 is 15.9 Å². The van der Waals surface area contributed by atoms with Gasteiger partial charge in [-0.05, 0) is 46.3 Å². The van der Waals surface area contributed by atoms with E-state index in [0.29, 0.717) is 6.07 Å². The highest BCUT2D eigenvalue weighted by molar-refractivity contribution is 9.10. The minimum absolute atomic E-state index is 0.113. The van der Waals surface area contributed by atoms with Gasteiger partial charge in [-0.25, -0.2) is 13.2 Å². The van der Waals surface area contributed by atoms with Crippen molar-refractivity contribution in [3.8, 4) is 0 Å². The quantitative estimate of drug-likeness (QED) is 0.763. The minimum atomic E-state index is -0.948. The molecular weight excluding hydrogens is 309 g/mol. The number of hydrogen-bond donors (Lipinski definition) is 0. The van der Waals surface area contributed by atoms with Crippen LogP contribution in [0, 0.1) is 17.5 Å². The summed E-state index contributed by atoms with van der Waals surface area (Å²) in [6.07, 6.45) is 0. The summed E-state index contributed by atoms with van der Waals surface area (Å²) in [7, 11) is 0. The van der Waals surface area contributed by atoms with E-state index >= 15 is 0 Å². The first kappa shape index (κ1) is 12.8. The molecule has 0 fully saturated rings. The second-order valence-electron chi connectivity index (χ2n) is 3.58. The number of carbonyl (C=O) groups is 1. The molecule has 0 aliphatic heterocycles. The maximum absolute atomic E-state index is 13.4. The van der Waals surface area contributed by atoms with Crippen molar-refractivity contribution >= 4 is 21.7 Å². The van der Waals surface area contributed by atoms with Crippen LogP contribution in [0.3, 0.4) is 0 Å². The van der Waals surface area contributed by atoms with Crippen LogP contribution in [0.25, 0.3) is 0 Å². The molecule has 0 spiro atoms. The Hall–Kier alpha value is -1.62. The van der Waals surface area contributed by atoms with E-state index in [1.165, 1.54) is 6.07 Å². The lowest BCUT2D eigenvalue weighted by Crippen LogP contribution is -2.05. The van der Waals surface area contributed by atoms with Crippen molar-refractivity contribution in [1.82, 2.24) is 0 Å². The molecule has 0 radical (unpaired) electrons. The lowest BCUT2D eigenvalue weighted by Gasteiger charge is -2.05. The van der Waals surface area contributed by atoms with Gasteiger partial charge in [-0.1, -0.05) is 0 Å². The first-order chi connectivity index (χ1) is 8.49. The molecule has 1 nitrogen and oxygen atoms in total. The Labute approximate surface area is 109 Å². The maximum atomic E-state index is 13.4. The van der Waals surface area contributed by atoms with E-state index in [1.54, 1.807) is 0 Å². The van der Waals surface area contributed by atoms with E-state index in [1.807, 2.05) is 0 Å². The molecule has 92 valence electrons. The molecule has 2 aromatic rings. The Balaban J connectivity index is 2.48. The Morgan fingerprint density at radius 3 is 2.00 bits per heavy atom. The predicted molar refractivity (Wildman–Crippen MR) is 63.9 cm³/mol. The molecular formula is C13H6BrF3O. The van der Waals surface area contributed by atoms with Crippen LogP contribution in [0.2, 0.25) is 0 Å². The molecule has 0 bridgehead atoms. The largest absolute Gasteiger partial charge is 0.288 e. The Bertz CT molecular complexity index is 572. The predicted octanol–water partition coefficient (Wildman–Crippen LogP) is 4.10. The van der Waals surface area contributed by atoms with E-state index in [-0.39, 0.29) is 15.6 Å². The van der Waals surface area contributed by atoms with Gasteiger partial charge >= 0.3 is 0 Å². The normalized spacial score (nSPS) is 10.4. The summed E-state index contributed by atoms with van der Waals surface area (Å²) < 4.78 is 39.3. The van der Waals surface area contributed by atoms with E-state index in [0.717, 1.165) is 24.3 Å². The summed E-state index contributed by atoms with van der Waals surface area (Å²) in [5.74, 6) is -2.86. The molecule has 0 N–H and O–H groups in total. The molecule has 0 saturated carbocycles. The summed E-state index contributed by atoms with van der Waals surface area (Å²) in [5, 5.41) is 0. The summed E-state index contributed by atoms with van der Waals surface area (Å²) in [6, 6.07) is 6.12. The molecule has 0 unspecified atom stereocenters. The number of ketones is 1. The highest BCUT2D eigenvalue weighted by Crippen LogP contribution is 2.22. The molecule has 2 aromatic carbocycles. The van der Waals surface area contributed by atoms with Gasteiger partial charge in [0.1, 0.15) is 17.5 Å². The van der Waals surface area contributed by atoms with Crippen molar-refractivity contribution in [3.05, 3.63) is 69.4 Å². The second kappa shape index (κ2) is 4.94. The second-order valence-corrected chi connectivity index (χ2v) is 4.43. The van der Waals surface area contributed by atoms with Gasteiger partial charge in [-0.2, -0.15) is 0 Å². The average molecular weight is 315 g/mol. The number of rotatable bonds is 2. The fraction of sp³-hybridized carbons (Fsp3) is 0. The van der Waals surface area contributed by atoms with Gasteiger partial charge in [-0.3, -0.25) is 4.79 Å². The maximum Gasteiger partial charge on any atom is 0.197 e. The van der Waals surface area contributed by atoms with Crippen LogP contribution in [-0.2, 0) is 0 Å². The molecule has 0 heterocycles. The van der Waals surface area contributed by atoms with Crippen molar-refractivity contribution in [2.45, 2.75) is 0 Å². The summed E-state index contributed by atoms with van der Waals surface area (Å²) in [5.41, 5.74) is -0.148. The molecule has 2 rings (SSSR count). The van der Waals surface area contributed by atoms with Gasteiger partial charge in [-0.15, -0.1) is 0 Å². The lowest BCUT2D eigenvalue weighted by molar-refractivity contribution is 0.103. The van der Waals surface area contributed by atoms with Crippen molar-refractivity contribution in [1.29, 1.82) is 0 Å². The monoisotopic (exact) mass is 314 g/mol.